The quantitative estimate of drug-likeness (QED) is 0.489. The highest BCUT2D eigenvalue weighted by atomic mass is 16.5. The van der Waals surface area contributed by atoms with Crippen molar-refractivity contribution in [3.63, 3.8) is 0 Å². The maximum absolute atomic E-state index is 12.7. The zero-order valence-electron chi connectivity index (χ0n) is 15.8. The second kappa shape index (κ2) is 6.54. The van der Waals surface area contributed by atoms with E-state index in [1.807, 2.05) is 19.9 Å². The molecule has 3 rings (SSSR count). The number of esters is 1. The number of rotatable bonds is 2. The van der Waals surface area contributed by atoms with E-state index in [0.29, 0.717) is 16.7 Å². The standard InChI is InChI=1S/C21H20O6/c1-9(2)6-12-16-11(4)17(21(25)26-5)14(23)8-15(16)27-20-18(12)13(22)7-10(3)19(20)24/h6-8,12,23H,1-5H3/t12-/m1/s1. The predicted octanol–water partition coefficient (Wildman–Crippen LogP) is 3.28. The van der Waals surface area contributed by atoms with Crippen LogP contribution in [0.2, 0.25) is 0 Å². The van der Waals surface area contributed by atoms with Gasteiger partial charge < -0.3 is 14.6 Å². The Morgan fingerprint density at radius 1 is 1.26 bits per heavy atom. The first-order valence-electron chi connectivity index (χ1n) is 8.46. The van der Waals surface area contributed by atoms with Crippen LogP contribution in [0.4, 0.5) is 0 Å². The number of hydrogen-bond acceptors (Lipinski definition) is 6. The van der Waals surface area contributed by atoms with E-state index in [0.717, 1.165) is 5.57 Å². The van der Waals surface area contributed by atoms with Gasteiger partial charge in [0.15, 0.2) is 11.5 Å². The molecule has 6 heteroatoms. The van der Waals surface area contributed by atoms with Crippen LogP contribution in [0.3, 0.4) is 0 Å². The van der Waals surface area contributed by atoms with Gasteiger partial charge in [-0.1, -0.05) is 11.6 Å². The van der Waals surface area contributed by atoms with E-state index in [9.17, 15) is 19.5 Å². The first-order chi connectivity index (χ1) is 12.7. The number of benzene rings is 1. The molecule has 1 N–H and O–H groups in total. The smallest absolute Gasteiger partial charge is 0.341 e. The van der Waals surface area contributed by atoms with E-state index >= 15 is 0 Å². The van der Waals surface area contributed by atoms with Crippen molar-refractivity contribution in [1.29, 1.82) is 0 Å². The average molecular weight is 368 g/mol. The van der Waals surface area contributed by atoms with Gasteiger partial charge in [-0.15, -0.1) is 0 Å². The molecule has 1 aromatic carbocycles. The van der Waals surface area contributed by atoms with Gasteiger partial charge >= 0.3 is 5.97 Å². The minimum absolute atomic E-state index is 0.0114. The van der Waals surface area contributed by atoms with Crippen LogP contribution in [-0.2, 0) is 14.3 Å². The van der Waals surface area contributed by atoms with Crippen molar-refractivity contribution in [2.75, 3.05) is 7.11 Å². The molecule has 0 aromatic heterocycles. The minimum Gasteiger partial charge on any atom is -0.507 e. The van der Waals surface area contributed by atoms with Gasteiger partial charge in [-0.2, -0.15) is 0 Å². The minimum atomic E-state index is -0.690. The molecule has 1 aliphatic carbocycles. The maximum Gasteiger partial charge on any atom is 0.341 e. The average Bonchev–Trinajstić information content (AvgIpc) is 2.58. The third-order valence-corrected chi connectivity index (χ3v) is 4.71. The molecule has 0 amide bonds. The molecular weight excluding hydrogens is 348 g/mol. The first-order valence-corrected chi connectivity index (χ1v) is 8.46. The Balaban J connectivity index is 2.33. The van der Waals surface area contributed by atoms with Crippen molar-refractivity contribution in [3.05, 3.63) is 57.4 Å². The van der Waals surface area contributed by atoms with Crippen LogP contribution >= 0.6 is 0 Å². The Hall–Kier alpha value is -3.15. The Bertz CT molecular complexity index is 986. The lowest BCUT2D eigenvalue weighted by atomic mass is 9.78. The summed E-state index contributed by atoms with van der Waals surface area (Å²) in [6.45, 7) is 6.97. The summed E-state index contributed by atoms with van der Waals surface area (Å²) in [6.07, 6.45) is 3.15. The second-order valence-corrected chi connectivity index (χ2v) is 6.89. The molecule has 1 heterocycles. The number of hydrogen-bond donors (Lipinski definition) is 1. The molecule has 1 aromatic rings. The summed E-state index contributed by atoms with van der Waals surface area (Å²) in [7, 11) is 1.22. The first kappa shape index (κ1) is 18.6. The van der Waals surface area contributed by atoms with E-state index in [1.165, 1.54) is 19.3 Å². The number of carbonyl (C=O) groups is 3. The lowest BCUT2D eigenvalue weighted by molar-refractivity contribution is -0.117. The van der Waals surface area contributed by atoms with Crippen LogP contribution in [-0.4, -0.2) is 29.8 Å². The number of allylic oxidation sites excluding steroid dienone is 5. The fraction of sp³-hybridized carbons (Fsp3) is 0.286. The fourth-order valence-corrected chi connectivity index (χ4v) is 3.52. The molecule has 6 nitrogen and oxygen atoms in total. The van der Waals surface area contributed by atoms with E-state index in [-0.39, 0.29) is 40.0 Å². The van der Waals surface area contributed by atoms with Crippen molar-refractivity contribution in [2.24, 2.45) is 0 Å². The van der Waals surface area contributed by atoms with Gasteiger partial charge in [-0.05, 0) is 39.3 Å². The molecule has 0 saturated carbocycles. The topological polar surface area (TPSA) is 89.9 Å². The molecule has 0 spiro atoms. The Labute approximate surface area is 156 Å². The zero-order chi connectivity index (χ0) is 20.0. The monoisotopic (exact) mass is 368 g/mol. The SMILES string of the molecule is COC(=O)c1c(O)cc2c(c1C)[C@@H](C=C(C)C)C1=C(O2)C(=O)C(C)=CC1=O. The molecule has 27 heavy (non-hydrogen) atoms. The van der Waals surface area contributed by atoms with Crippen LogP contribution < -0.4 is 4.74 Å². The van der Waals surface area contributed by atoms with E-state index in [4.69, 9.17) is 9.47 Å². The van der Waals surface area contributed by atoms with Crippen LogP contribution in [0.5, 0.6) is 11.5 Å². The Kier molecular flexibility index (Phi) is 4.51. The Morgan fingerprint density at radius 3 is 2.52 bits per heavy atom. The molecule has 0 radical (unpaired) electrons. The molecule has 140 valence electrons. The largest absolute Gasteiger partial charge is 0.507 e. The number of aromatic hydroxyl groups is 1. The van der Waals surface area contributed by atoms with E-state index in [1.54, 1.807) is 13.8 Å². The summed E-state index contributed by atoms with van der Waals surface area (Å²) in [5.41, 5.74) is 2.48. The van der Waals surface area contributed by atoms with E-state index in [2.05, 4.69) is 0 Å². The van der Waals surface area contributed by atoms with Crippen molar-refractivity contribution < 1.29 is 29.0 Å². The van der Waals surface area contributed by atoms with Crippen LogP contribution in [0.15, 0.2) is 40.7 Å². The highest BCUT2D eigenvalue weighted by molar-refractivity contribution is 6.23. The van der Waals surface area contributed by atoms with Gasteiger partial charge in [0.25, 0.3) is 0 Å². The van der Waals surface area contributed by atoms with Crippen molar-refractivity contribution in [1.82, 2.24) is 0 Å². The molecule has 1 aliphatic heterocycles. The summed E-state index contributed by atoms with van der Waals surface area (Å²) in [5, 5.41) is 10.3. The second-order valence-electron chi connectivity index (χ2n) is 6.89. The van der Waals surface area contributed by atoms with Gasteiger partial charge in [-0.3, -0.25) is 9.59 Å². The summed E-state index contributed by atoms with van der Waals surface area (Å²) >= 11 is 0. The van der Waals surface area contributed by atoms with Crippen LogP contribution in [0.25, 0.3) is 0 Å². The molecule has 1 atom stereocenters. The lowest BCUT2D eigenvalue weighted by Gasteiger charge is -2.31. The molecule has 0 unspecified atom stereocenters. The Morgan fingerprint density at radius 2 is 1.93 bits per heavy atom. The highest BCUT2D eigenvalue weighted by Crippen LogP contribution is 2.47. The fourth-order valence-electron chi connectivity index (χ4n) is 3.52. The van der Waals surface area contributed by atoms with E-state index < -0.39 is 11.9 Å². The zero-order valence-corrected chi connectivity index (χ0v) is 15.8. The number of ether oxygens (including phenoxy) is 2. The predicted molar refractivity (Wildman–Crippen MR) is 97.8 cm³/mol. The lowest BCUT2D eigenvalue weighted by Crippen LogP contribution is -2.29. The van der Waals surface area contributed by atoms with Crippen molar-refractivity contribution in [2.45, 2.75) is 33.6 Å². The number of carbonyl (C=O) groups excluding carboxylic acids is 3. The maximum atomic E-state index is 12.7. The number of methoxy groups -OCH3 is 1. The normalized spacial score (nSPS) is 18.3. The molecule has 0 bridgehead atoms. The summed E-state index contributed by atoms with van der Waals surface area (Å²) in [6, 6.07) is 1.29. The number of ketones is 2. The van der Waals surface area contributed by atoms with Crippen molar-refractivity contribution in [3.8, 4) is 11.5 Å². The number of fused-ring (bicyclic) bond motifs is 1. The third-order valence-electron chi connectivity index (χ3n) is 4.71. The number of Topliss-reactive ketones (excluding diaryl/α,β-unsaturated/α-hetero) is 1. The van der Waals surface area contributed by atoms with Gasteiger partial charge in [0, 0.05) is 23.1 Å². The van der Waals surface area contributed by atoms with Gasteiger partial charge in [0.05, 0.1) is 12.7 Å². The highest BCUT2D eigenvalue weighted by Gasteiger charge is 2.40. The molecule has 2 aliphatic rings. The number of phenolic OH excluding ortho intramolecular Hbond substituents is 1. The van der Waals surface area contributed by atoms with Gasteiger partial charge in [0.2, 0.25) is 5.78 Å². The third kappa shape index (κ3) is 2.87. The van der Waals surface area contributed by atoms with Crippen molar-refractivity contribution >= 4 is 17.5 Å². The van der Waals surface area contributed by atoms with Gasteiger partial charge in [0.1, 0.15) is 17.1 Å². The number of phenols is 1. The van der Waals surface area contributed by atoms with Gasteiger partial charge in [-0.25, -0.2) is 4.79 Å². The molecule has 0 fully saturated rings. The van der Waals surface area contributed by atoms with Crippen LogP contribution in [0, 0.1) is 6.92 Å². The molecular formula is C21H20O6. The summed E-state index contributed by atoms with van der Waals surface area (Å²) < 4.78 is 10.5. The van der Waals surface area contributed by atoms with Crippen LogP contribution in [0.1, 0.15) is 48.2 Å². The molecule has 0 saturated heterocycles. The summed E-state index contributed by atoms with van der Waals surface area (Å²) in [4.78, 5) is 37.4. The summed E-state index contributed by atoms with van der Waals surface area (Å²) in [5.74, 6) is -2.02.